The molecule has 0 atom stereocenters. The molecular weight excluding hydrogens is 467 g/mol. The Morgan fingerprint density at radius 3 is 2.86 bits per heavy atom. The molecule has 2 aromatic carbocycles. The summed E-state index contributed by atoms with van der Waals surface area (Å²) < 4.78 is 25.2. The van der Waals surface area contributed by atoms with E-state index in [1.54, 1.807) is 36.4 Å². The molecule has 0 fully saturated rings. The van der Waals surface area contributed by atoms with Gasteiger partial charge in [0.2, 0.25) is 11.1 Å². The van der Waals surface area contributed by atoms with E-state index in [2.05, 4.69) is 36.4 Å². The van der Waals surface area contributed by atoms with Gasteiger partial charge in [-0.2, -0.15) is 14.5 Å². The summed E-state index contributed by atoms with van der Waals surface area (Å²) >= 11 is 8.97. The van der Waals surface area contributed by atoms with Crippen LogP contribution in [0.15, 0.2) is 58.2 Å². The van der Waals surface area contributed by atoms with Crippen LogP contribution in [-0.2, 0) is 0 Å². The monoisotopic (exact) mass is 478 g/mol. The fourth-order valence-corrected chi connectivity index (χ4v) is 2.74. The molecule has 0 unspecified atom stereocenters. The molecule has 0 saturated carbocycles. The Labute approximate surface area is 178 Å². The topological polar surface area (TPSA) is 85.7 Å². The van der Waals surface area contributed by atoms with Crippen molar-refractivity contribution in [2.45, 2.75) is 0 Å². The number of hydrogen-bond donors (Lipinski definition) is 1. The van der Waals surface area contributed by atoms with E-state index in [1.165, 1.54) is 13.3 Å². The summed E-state index contributed by atoms with van der Waals surface area (Å²) in [7, 11) is 1.43. The largest absolute Gasteiger partial charge is 0.493 e. The Bertz CT molecular complexity index is 1080. The average Bonchev–Trinajstić information content (AvgIpc) is 2.71. The van der Waals surface area contributed by atoms with Gasteiger partial charge in [-0.15, -0.1) is 0 Å². The molecule has 29 heavy (non-hydrogen) atoms. The van der Waals surface area contributed by atoms with Crippen LogP contribution in [0.2, 0.25) is 5.28 Å². The fraction of sp³-hybridized carbons (Fsp3) is 0.0526. The lowest BCUT2D eigenvalue weighted by molar-refractivity contribution is 0.0955. The second-order valence-corrected chi connectivity index (χ2v) is 6.77. The van der Waals surface area contributed by atoms with Crippen LogP contribution in [0.5, 0.6) is 17.4 Å². The third-order valence-electron chi connectivity index (χ3n) is 3.54. The van der Waals surface area contributed by atoms with Gasteiger partial charge in [-0.25, -0.2) is 10.4 Å². The number of hydrogen-bond acceptors (Lipinski definition) is 6. The Morgan fingerprint density at radius 1 is 1.28 bits per heavy atom. The molecular formula is C19H13BrClFN4O3. The first kappa shape index (κ1) is 20.7. The lowest BCUT2D eigenvalue weighted by atomic mass is 10.2. The lowest BCUT2D eigenvalue weighted by Gasteiger charge is -2.10. The van der Waals surface area contributed by atoms with Gasteiger partial charge in [-0.3, -0.25) is 4.79 Å². The minimum Gasteiger partial charge on any atom is -0.493 e. The Kier molecular flexibility index (Phi) is 6.73. The first-order chi connectivity index (χ1) is 14.0. The highest BCUT2D eigenvalue weighted by atomic mass is 79.9. The number of ether oxygens (including phenoxy) is 2. The van der Waals surface area contributed by atoms with Crippen LogP contribution >= 0.6 is 27.5 Å². The van der Waals surface area contributed by atoms with Gasteiger partial charge in [0.15, 0.2) is 11.5 Å². The van der Waals surface area contributed by atoms with Crippen molar-refractivity contribution in [1.82, 2.24) is 15.4 Å². The maximum Gasteiger partial charge on any atom is 0.271 e. The molecule has 10 heteroatoms. The van der Waals surface area contributed by atoms with E-state index in [0.29, 0.717) is 16.9 Å². The second-order valence-electron chi connectivity index (χ2n) is 5.51. The summed E-state index contributed by atoms with van der Waals surface area (Å²) in [6.07, 6.45) is 2.34. The van der Waals surface area contributed by atoms with E-state index in [-0.39, 0.29) is 22.8 Å². The van der Waals surface area contributed by atoms with Crippen molar-refractivity contribution in [2.75, 3.05) is 7.11 Å². The van der Waals surface area contributed by atoms with Crippen molar-refractivity contribution in [3.05, 3.63) is 75.4 Å². The smallest absolute Gasteiger partial charge is 0.271 e. The molecule has 0 aliphatic rings. The van der Waals surface area contributed by atoms with Crippen LogP contribution in [0.1, 0.15) is 15.9 Å². The highest BCUT2D eigenvalue weighted by Crippen LogP contribution is 2.32. The maximum atomic E-state index is 13.8. The van der Waals surface area contributed by atoms with E-state index in [4.69, 9.17) is 21.1 Å². The molecule has 1 aromatic heterocycles. The normalized spacial score (nSPS) is 10.8. The molecule has 1 N–H and O–H groups in total. The quantitative estimate of drug-likeness (QED) is 0.317. The number of carbonyl (C=O) groups excluding carboxylic acids is 1. The minimum atomic E-state index is -0.766. The van der Waals surface area contributed by atoms with Crippen molar-refractivity contribution in [1.29, 1.82) is 0 Å². The van der Waals surface area contributed by atoms with Gasteiger partial charge in [0, 0.05) is 10.0 Å². The Morgan fingerprint density at radius 2 is 2.10 bits per heavy atom. The van der Waals surface area contributed by atoms with Gasteiger partial charge in [0.1, 0.15) is 0 Å². The van der Waals surface area contributed by atoms with Crippen molar-refractivity contribution < 1.29 is 18.7 Å². The number of rotatable bonds is 6. The summed E-state index contributed by atoms with van der Waals surface area (Å²) in [5.74, 6) is -0.924. The first-order valence-electron chi connectivity index (χ1n) is 8.09. The van der Waals surface area contributed by atoms with Gasteiger partial charge >= 0.3 is 0 Å². The van der Waals surface area contributed by atoms with Gasteiger partial charge in [-0.05, 0) is 53.6 Å². The van der Waals surface area contributed by atoms with E-state index >= 15 is 0 Å². The zero-order chi connectivity index (χ0) is 20.8. The zero-order valence-corrected chi connectivity index (χ0v) is 17.2. The third kappa shape index (κ3) is 5.49. The van der Waals surface area contributed by atoms with Crippen LogP contribution in [0.25, 0.3) is 0 Å². The van der Waals surface area contributed by atoms with Crippen LogP contribution in [-0.4, -0.2) is 29.2 Å². The molecule has 0 aliphatic carbocycles. The van der Waals surface area contributed by atoms with E-state index in [0.717, 1.165) is 10.7 Å². The van der Waals surface area contributed by atoms with Gasteiger partial charge in [-0.1, -0.05) is 22.0 Å². The lowest BCUT2D eigenvalue weighted by Crippen LogP contribution is -2.17. The van der Waals surface area contributed by atoms with Crippen molar-refractivity contribution in [2.24, 2.45) is 5.10 Å². The number of nitrogens with zero attached hydrogens (tertiary/aromatic N) is 3. The highest BCUT2D eigenvalue weighted by Gasteiger charge is 2.12. The van der Waals surface area contributed by atoms with Gasteiger partial charge in [0.05, 0.1) is 19.5 Å². The molecule has 1 amide bonds. The maximum absolute atomic E-state index is 13.8. The van der Waals surface area contributed by atoms with E-state index < -0.39 is 5.82 Å². The molecule has 1 heterocycles. The SMILES string of the molecule is COc1cc(/C=N\NC(=O)c2cccc(Br)c2)ccc1Oc1nc(Cl)ncc1F. The molecule has 0 saturated heterocycles. The van der Waals surface area contributed by atoms with Crippen LogP contribution < -0.4 is 14.9 Å². The van der Waals surface area contributed by atoms with Crippen LogP contribution in [0.3, 0.4) is 0 Å². The van der Waals surface area contributed by atoms with Gasteiger partial charge < -0.3 is 9.47 Å². The standard InChI is InChI=1S/C19H13BrClFN4O3/c1-28-16-7-11(9-24-26-17(27)12-3-2-4-13(20)8-12)5-6-15(16)29-18-14(22)10-23-19(21)25-18/h2-10H,1H3,(H,26,27)/b24-9-. The summed E-state index contributed by atoms with van der Waals surface area (Å²) in [6.45, 7) is 0. The van der Waals surface area contributed by atoms with Crippen molar-refractivity contribution >= 4 is 39.7 Å². The highest BCUT2D eigenvalue weighted by molar-refractivity contribution is 9.10. The van der Waals surface area contributed by atoms with Gasteiger partial charge in [0.25, 0.3) is 11.8 Å². The first-order valence-corrected chi connectivity index (χ1v) is 9.26. The number of amides is 1. The van der Waals surface area contributed by atoms with Crippen molar-refractivity contribution in [3.8, 4) is 17.4 Å². The predicted molar refractivity (Wildman–Crippen MR) is 109 cm³/mol. The number of methoxy groups -OCH3 is 1. The number of nitrogens with one attached hydrogen (secondary N) is 1. The number of benzene rings is 2. The van der Waals surface area contributed by atoms with Crippen LogP contribution in [0.4, 0.5) is 4.39 Å². The third-order valence-corrected chi connectivity index (χ3v) is 4.22. The fourth-order valence-electron chi connectivity index (χ4n) is 2.22. The zero-order valence-electron chi connectivity index (χ0n) is 14.9. The number of carbonyl (C=O) groups is 1. The molecule has 148 valence electrons. The predicted octanol–water partition coefficient (Wildman–Crippen LogP) is 4.60. The molecule has 0 bridgehead atoms. The average molecular weight is 480 g/mol. The molecule has 0 aliphatic heterocycles. The second kappa shape index (κ2) is 9.44. The molecule has 0 spiro atoms. The van der Waals surface area contributed by atoms with E-state index in [1.807, 2.05) is 6.07 Å². The Hall–Kier alpha value is -3.04. The van der Waals surface area contributed by atoms with Crippen molar-refractivity contribution in [3.63, 3.8) is 0 Å². The minimum absolute atomic E-state index is 0.148. The Balaban J connectivity index is 1.72. The number of aromatic nitrogens is 2. The number of hydrazone groups is 1. The summed E-state index contributed by atoms with van der Waals surface area (Å²) in [6, 6.07) is 11.7. The molecule has 7 nitrogen and oxygen atoms in total. The van der Waals surface area contributed by atoms with E-state index in [9.17, 15) is 9.18 Å². The molecule has 3 rings (SSSR count). The summed E-state index contributed by atoms with van der Waals surface area (Å²) in [5, 5.41) is 3.78. The number of halogens is 3. The summed E-state index contributed by atoms with van der Waals surface area (Å²) in [4.78, 5) is 19.3. The molecule has 3 aromatic rings. The van der Waals surface area contributed by atoms with Crippen LogP contribution in [0, 0.1) is 5.82 Å². The summed E-state index contributed by atoms with van der Waals surface area (Å²) in [5.41, 5.74) is 3.51. The molecule has 0 radical (unpaired) electrons.